The van der Waals surface area contributed by atoms with Crippen LogP contribution in [0.15, 0.2) is 24.5 Å². The molecule has 1 unspecified atom stereocenters. The molecule has 118 valence electrons. The maximum absolute atomic E-state index is 14.0. The Bertz CT molecular complexity index is 853. The van der Waals surface area contributed by atoms with Crippen LogP contribution in [0.25, 0.3) is 10.9 Å². The Morgan fingerprint density at radius 2 is 2.13 bits per heavy atom. The molecule has 1 N–H and O–H groups in total. The average molecular weight is 311 g/mol. The van der Waals surface area contributed by atoms with E-state index in [4.69, 9.17) is 0 Å². The first-order valence-corrected chi connectivity index (χ1v) is 7.84. The zero-order chi connectivity index (χ0) is 16.0. The predicted octanol–water partition coefficient (Wildman–Crippen LogP) is 3.45. The van der Waals surface area contributed by atoms with Crippen molar-refractivity contribution < 1.29 is 4.39 Å². The number of imidazole rings is 1. The lowest BCUT2D eigenvalue weighted by molar-refractivity contribution is 0.635. The topological polar surface area (TPSA) is 57.7 Å². The number of rotatable bonds is 2. The highest BCUT2D eigenvalue weighted by molar-refractivity contribution is 5.89. The number of fused-ring (bicyclic) bond motifs is 1. The predicted molar refractivity (Wildman–Crippen MR) is 86.9 cm³/mol. The van der Waals surface area contributed by atoms with Crippen LogP contribution in [0.5, 0.6) is 0 Å². The normalized spacial score (nSPS) is 18.0. The Kier molecular flexibility index (Phi) is 3.25. The lowest BCUT2D eigenvalue weighted by Gasteiger charge is -2.25. The summed E-state index contributed by atoms with van der Waals surface area (Å²) >= 11 is 0. The summed E-state index contributed by atoms with van der Waals surface area (Å²) in [4.78, 5) is 18.8. The van der Waals surface area contributed by atoms with E-state index < -0.39 is 0 Å². The third-order valence-corrected chi connectivity index (χ3v) is 4.58. The zero-order valence-corrected chi connectivity index (χ0v) is 13.2. The van der Waals surface area contributed by atoms with Gasteiger partial charge in [-0.1, -0.05) is 6.07 Å². The van der Waals surface area contributed by atoms with Crippen LogP contribution >= 0.6 is 0 Å². The van der Waals surface area contributed by atoms with Gasteiger partial charge in [0.05, 0.1) is 11.7 Å². The van der Waals surface area contributed by atoms with Gasteiger partial charge in [-0.3, -0.25) is 0 Å². The summed E-state index contributed by atoms with van der Waals surface area (Å²) in [6.45, 7) is 4.91. The van der Waals surface area contributed by atoms with Crippen LogP contribution in [0, 0.1) is 19.7 Å². The molecule has 0 saturated carbocycles. The number of aromatic amines is 1. The number of nitrogens with zero attached hydrogens (tertiary/aromatic N) is 4. The van der Waals surface area contributed by atoms with Gasteiger partial charge in [0.15, 0.2) is 0 Å². The summed E-state index contributed by atoms with van der Waals surface area (Å²) in [5.74, 6) is 1.43. The van der Waals surface area contributed by atoms with Gasteiger partial charge in [-0.2, -0.15) is 0 Å². The summed E-state index contributed by atoms with van der Waals surface area (Å²) in [6, 6.07) is 5.15. The van der Waals surface area contributed by atoms with E-state index in [1.54, 1.807) is 6.07 Å². The summed E-state index contributed by atoms with van der Waals surface area (Å²) in [5, 5.41) is 0.749. The van der Waals surface area contributed by atoms with Crippen LogP contribution in [-0.2, 0) is 0 Å². The van der Waals surface area contributed by atoms with Crippen molar-refractivity contribution in [3.05, 3.63) is 47.6 Å². The molecule has 1 aliphatic heterocycles. The van der Waals surface area contributed by atoms with Crippen molar-refractivity contribution in [2.75, 3.05) is 11.4 Å². The van der Waals surface area contributed by atoms with E-state index in [1.165, 1.54) is 12.4 Å². The van der Waals surface area contributed by atoms with Crippen LogP contribution in [0.2, 0.25) is 0 Å². The number of H-pyrrole nitrogens is 1. The van der Waals surface area contributed by atoms with Gasteiger partial charge in [-0.25, -0.2) is 19.3 Å². The minimum Gasteiger partial charge on any atom is -0.346 e. The number of benzene rings is 1. The first kappa shape index (κ1) is 14.1. The Labute approximate surface area is 133 Å². The molecule has 1 aliphatic rings. The molecule has 0 radical (unpaired) electrons. The lowest BCUT2D eigenvalue weighted by atomic mass is 10.2. The molecule has 4 rings (SSSR count). The van der Waals surface area contributed by atoms with Gasteiger partial charge in [0.2, 0.25) is 0 Å². The molecule has 0 amide bonds. The molecule has 0 spiro atoms. The molecule has 3 aromatic rings. The summed E-state index contributed by atoms with van der Waals surface area (Å²) in [6.07, 6.45) is 3.51. The number of hydrogen-bond acceptors (Lipinski definition) is 4. The van der Waals surface area contributed by atoms with Gasteiger partial charge in [0.25, 0.3) is 0 Å². The molecule has 0 aliphatic carbocycles. The number of halogens is 1. The number of aryl methyl sites for hydroxylation is 2. The molecule has 1 aromatic carbocycles. The second-order valence-electron chi connectivity index (χ2n) is 6.02. The molecular formula is C17H18FN5. The standard InChI is InChI=1S/C17H18FN5/c1-10-11(2)22-16(21-10)14-7-4-8-23(14)17-12-5-3-6-13(18)15(12)19-9-20-17/h3,5-6,9,14H,4,7-8H2,1-2H3,(H,21,22). The molecule has 5 nitrogen and oxygen atoms in total. The maximum Gasteiger partial charge on any atom is 0.149 e. The van der Waals surface area contributed by atoms with Crippen LogP contribution in [0.4, 0.5) is 10.2 Å². The quantitative estimate of drug-likeness (QED) is 0.787. The molecule has 1 atom stereocenters. The van der Waals surface area contributed by atoms with E-state index in [0.29, 0.717) is 5.52 Å². The lowest BCUT2D eigenvalue weighted by Crippen LogP contribution is -2.24. The van der Waals surface area contributed by atoms with Crippen molar-refractivity contribution in [3.63, 3.8) is 0 Å². The van der Waals surface area contributed by atoms with Crippen molar-refractivity contribution in [3.8, 4) is 0 Å². The molecule has 1 fully saturated rings. The number of para-hydroxylation sites is 1. The number of aromatic nitrogens is 4. The fourth-order valence-electron chi connectivity index (χ4n) is 3.30. The van der Waals surface area contributed by atoms with E-state index in [0.717, 1.165) is 47.8 Å². The van der Waals surface area contributed by atoms with Crippen LogP contribution in [0.1, 0.15) is 36.1 Å². The van der Waals surface area contributed by atoms with Crippen LogP contribution in [-0.4, -0.2) is 26.5 Å². The van der Waals surface area contributed by atoms with Crippen molar-refractivity contribution in [2.45, 2.75) is 32.7 Å². The van der Waals surface area contributed by atoms with E-state index >= 15 is 0 Å². The monoisotopic (exact) mass is 311 g/mol. The Morgan fingerprint density at radius 1 is 1.26 bits per heavy atom. The third-order valence-electron chi connectivity index (χ3n) is 4.58. The Hall–Kier alpha value is -2.50. The number of anilines is 1. The Morgan fingerprint density at radius 3 is 2.91 bits per heavy atom. The highest BCUT2D eigenvalue weighted by Crippen LogP contribution is 2.37. The number of nitrogens with one attached hydrogen (secondary N) is 1. The highest BCUT2D eigenvalue weighted by Gasteiger charge is 2.31. The van der Waals surface area contributed by atoms with Gasteiger partial charge >= 0.3 is 0 Å². The fraction of sp³-hybridized carbons (Fsp3) is 0.353. The van der Waals surface area contributed by atoms with Crippen molar-refractivity contribution in [1.29, 1.82) is 0 Å². The first-order valence-electron chi connectivity index (χ1n) is 7.84. The van der Waals surface area contributed by atoms with E-state index in [1.807, 2.05) is 19.9 Å². The van der Waals surface area contributed by atoms with Crippen molar-refractivity contribution in [1.82, 2.24) is 19.9 Å². The fourth-order valence-corrected chi connectivity index (χ4v) is 3.30. The molecule has 23 heavy (non-hydrogen) atoms. The molecule has 1 saturated heterocycles. The molecule has 3 heterocycles. The molecule has 2 aromatic heterocycles. The number of hydrogen-bond donors (Lipinski definition) is 1. The van der Waals surface area contributed by atoms with Gasteiger partial charge in [-0.05, 0) is 38.8 Å². The smallest absolute Gasteiger partial charge is 0.149 e. The minimum absolute atomic E-state index is 0.142. The molecular weight excluding hydrogens is 293 g/mol. The van der Waals surface area contributed by atoms with Gasteiger partial charge in [0.1, 0.15) is 29.3 Å². The third kappa shape index (κ3) is 2.25. The van der Waals surface area contributed by atoms with Crippen LogP contribution < -0.4 is 4.90 Å². The zero-order valence-electron chi connectivity index (χ0n) is 13.2. The minimum atomic E-state index is -0.313. The Balaban J connectivity index is 1.82. The highest BCUT2D eigenvalue weighted by atomic mass is 19.1. The molecule has 6 heteroatoms. The van der Waals surface area contributed by atoms with Gasteiger partial charge in [-0.15, -0.1) is 0 Å². The van der Waals surface area contributed by atoms with Crippen LogP contribution in [0.3, 0.4) is 0 Å². The molecule has 0 bridgehead atoms. The van der Waals surface area contributed by atoms with Gasteiger partial charge < -0.3 is 9.88 Å². The second-order valence-corrected chi connectivity index (χ2v) is 6.02. The van der Waals surface area contributed by atoms with E-state index in [-0.39, 0.29) is 11.9 Å². The van der Waals surface area contributed by atoms with E-state index in [2.05, 4.69) is 24.8 Å². The van der Waals surface area contributed by atoms with Crippen molar-refractivity contribution >= 4 is 16.7 Å². The van der Waals surface area contributed by atoms with Crippen molar-refractivity contribution in [2.24, 2.45) is 0 Å². The largest absolute Gasteiger partial charge is 0.346 e. The summed E-state index contributed by atoms with van der Waals surface area (Å²) in [7, 11) is 0. The SMILES string of the molecule is Cc1nc(C2CCCN2c2ncnc3c(F)cccc23)[nH]c1C. The summed E-state index contributed by atoms with van der Waals surface area (Å²) in [5.41, 5.74) is 2.48. The van der Waals surface area contributed by atoms with E-state index in [9.17, 15) is 4.39 Å². The first-order chi connectivity index (χ1) is 11.1. The maximum atomic E-state index is 14.0. The second kappa shape index (κ2) is 5.30. The average Bonchev–Trinajstić information content (AvgIpc) is 3.14. The van der Waals surface area contributed by atoms with Gasteiger partial charge in [0, 0.05) is 17.6 Å². The summed E-state index contributed by atoms with van der Waals surface area (Å²) < 4.78 is 14.0.